The van der Waals surface area contributed by atoms with Crippen molar-refractivity contribution in [1.82, 2.24) is 4.98 Å². The van der Waals surface area contributed by atoms with E-state index >= 15 is 0 Å². The summed E-state index contributed by atoms with van der Waals surface area (Å²) in [5.41, 5.74) is 3.62. The number of hydrogen-bond donors (Lipinski definition) is 0. The Balaban J connectivity index is 1.99. The number of para-hydroxylation sites is 1. The van der Waals surface area contributed by atoms with E-state index in [-0.39, 0.29) is 0 Å². The maximum absolute atomic E-state index is 5.80. The molecular formula is C17H11NO. The van der Waals surface area contributed by atoms with Gasteiger partial charge in [0, 0.05) is 16.3 Å². The van der Waals surface area contributed by atoms with Gasteiger partial charge >= 0.3 is 0 Å². The molecule has 0 aliphatic rings. The molecule has 0 fully saturated rings. The summed E-state index contributed by atoms with van der Waals surface area (Å²) in [7, 11) is 0. The smallest absolute Gasteiger partial charge is 0.227 e. The number of benzene rings is 2. The van der Waals surface area contributed by atoms with Crippen LogP contribution in [0.1, 0.15) is 0 Å². The summed E-state index contributed by atoms with van der Waals surface area (Å²) in [6.45, 7) is 0. The van der Waals surface area contributed by atoms with Crippen molar-refractivity contribution in [3.63, 3.8) is 0 Å². The molecule has 0 aliphatic heterocycles. The van der Waals surface area contributed by atoms with Crippen LogP contribution in [0.2, 0.25) is 0 Å². The van der Waals surface area contributed by atoms with Gasteiger partial charge in [-0.1, -0.05) is 48.5 Å². The minimum Gasteiger partial charge on any atom is -0.438 e. The van der Waals surface area contributed by atoms with E-state index in [4.69, 9.17) is 4.42 Å². The zero-order valence-electron chi connectivity index (χ0n) is 10.2. The lowest BCUT2D eigenvalue weighted by molar-refractivity contribution is 0.654. The first-order chi connectivity index (χ1) is 9.42. The van der Waals surface area contributed by atoms with Crippen LogP contribution in [-0.4, -0.2) is 4.98 Å². The van der Waals surface area contributed by atoms with Gasteiger partial charge in [-0.25, -0.2) is 4.98 Å². The van der Waals surface area contributed by atoms with Crippen LogP contribution in [0, 0.1) is 0 Å². The van der Waals surface area contributed by atoms with Gasteiger partial charge in [0.25, 0.3) is 0 Å². The molecule has 0 atom stereocenters. The molecule has 4 aromatic rings. The number of rotatable bonds is 1. The molecule has 0 saturated heterocycles. The van der Waals surface area contributed by atoms with Gasteiger partial charge < -0.3 is 4.42 Å². The summed E-state index contributed by atoms with van der Waals surface area (Å²) in [6, 6.07) is 22.3. The molecule has 2 aromatic carbocycles. The van der Waals surface area contributed by atoms with Gasteiger partial charge in [-0.15, -0.1) is 0 Å². The first-order valence-corrected chi connectivity index (χ1v) is 6.25. The molecule has 2 aromatic heterocycles. The molecule has 0 bridgehead atoms. The molecule has 0 aliphatic carbocycles. The van der Waals surface area contributed by atoms with E-state index in [0.29, 0.717) is 5.71 Å². The Hall–Kier alpha value is -2.61. The number of aromatic nitrogens is 1. The Labute approximate surface area is 110 Å². The van der Waals surface area contributed by atoms with Crippen LogP contribution in [-0.2, 0) is 0 Å². The largest absolute Gasteiger partial charge is 0.438 e. The molecule has 0 N–H and O–H groups in total. The summed E-state index contributed by atoms with van der Waals surface area (Å²) in [4.78, 5) is 4.62. The monoisotopic (exact) mass is 245 g/mol. The molecule has 0 amide bonds. The van der Waals surface area contributed by atoms with Gasteiger partial charge in [0.1, 0.15) is 5.58 Å². The Kier molecular flexibility index (Phi) is 2.15. The third-order valence-electron chi connectivity index (χ3n) is 3.31. The quantitative estimate of drug-likeness (QED) is 0.488. The summed E-state index contributed by atoms with van der Waals surface area (Å²) >= 11 is 0. The highest BCUT2D eigenvalue weighted by molar-refractivity contribution is 6.03. The number of hydrogen-bond acceptors (Lipinski definition) is 2. The minimum absolute atomic E-state index is 0.697. The highest BCUT2D eigenvalue weighted by atomic mass is 16.3. The van der Waals surface area contributed by atoms with Crippen molar-refractivity contribution in [2.75, 3.05) is 0 Å². The molecular weight excluding hydrogens is 234 g/mol. The molecule has 0 radical (unpaired) electrons. The lowest BCUT2D eigenvalue weighted by atomic mass is 10.1. The second-order valence-corrected chi connectivity index (χ2v) is 4.51. The van der Waals surface area contributed by atoms with E-state index in [1.165, 1.54) is 0 Å². The fraction of sp³-hybridized carbons (Fsp3) is 0. The minimum atomic E-state index is 0.697. The summed E-state index contributed by atoms with van der Waals surface area (Å²) < 4.78 is 5.80. The Morgan fingerprint density at radius 1 is 0.684 bits per heavy atom. The van der Waals surface area contributed by atoms with Crippen molar-refractivity contribution in [2.45, 2.75) is 0 Å². The lowest BCUT2D eigenvalue weighted by Crippen LogP contribution is -1.82. The molecule has 2 heteroatoms. The third kappa shape index (κ3) is 1.61. The highest BCUT2D eigenvalue weighted by Crippen LogP contribution is 2.29. The van der Waals surface area contributed by atoms with Gasteiger partial charge in [-0.2, -0.15) is 0 Å². The number of pyridine rings is 1. The molecule has 4 rings (SSSR count). The normalized spacial score (nSPS) is 11.2. The number of nitrogens with zero attached hydrogens (tertiary/aromatic N) is 1. The Morgan fingerprint density at radius 2 is 1.47 bits per heavy atom. The number of furan rings is 1. The van der Waals surface area contributed by atoms with E-state index < -0.39 is 0 Å². The van der Waals surface area contributed by atoms with E-state index in [9.17, 15) is 0 Å². The van der Waals surface area contributed by atoms with Gasteiger partial charge in [0.2, 0.25) is 5.71 Å². The van der Waals surface area contributed by atoms with Gasteiger partial charge in [0.05, 0.1) is 5.69 Å². The lowest BCUT2D eigenvalue weighted by Gasteiger charge is -1.99. The van der Waals surface area contributed by atoms with Crippen LogP contribution in [0.4, 0.5) is 0 Å². The van der Waals surface area contributed by atoms with Crippen molar-refractivity contribution >= 4 is 22.1 Å². The fourth-order valence-electron chi connectivity index (χ4n) is 2.38. The SMILES string of the molecule is c1ccc(-c2ccc3c(n2)oc2ccccc23)cc1. The molecule has 90 valence electrons. The van der Waals surface area contributed by atoms with Gasteiger partial charge in [-0.3, -0.25) is 0 Å². The molecule has 2 nitrogen and oxygen atoms in total. The summed E-state index contributed by atoms with van der Waals surface area (Å²) in [5, 5.41) is 2.18. The standard InChI is InChI=1S/C17H11NO/c1-2-6-12(7-3-1)15-11-10-14-13-8-4-5-9-16(13)19-17(14)18-15/h1-11H. The maximum Gasteiger partial charge on any atom is 0.227 e. The molecule has 0 saturated carbocycles. The van der Waals surface area contributed by atoms with Crippen molar-refractivity contribution < 1.29 is 4.42 Å². The van der Waals surface area contributed by atoms with E-state index in [2.05, 4.69) is 29.2 Å². The van der Waals surface area contributed by atoms with Crippen LogP contribution in [0.5, 0.6) is 0 Å². The fourth-order valence-corrected chi connectivity index (χ4v) is 2.38. The second kappa shape index (κ2) is 3.95. The maximum atomic E-state index is 5.80. The number of fused-ring (bicyclic) bond motifs is 3. The predicted octanol–water partition coefficient (Wildman–Crippen LogP) is 4.65. The van der Waals surface area contributed by atoms with Crippen molar-refractivity contribution in [3.05, 3.63) is 66.7 Å². The molecule has 19 heavy (non-hydrogen) atoms. The average molecular weight is 245 g/mol. The molecule has 2 heterocycles. The van der Waals surface area contributed by atoms with Crippen LogP contribution in [0.25, 0.3) is 33.3 Å². The van der Waals surface area contributed by atoms with Crippen LogP contribution in [0.15, 0.2) is 71.1 Å². The first kappa shape index (κ1) is 10.3. The highest BCUT2D eigenvalue weighted by Gasteiger charge is 2.08. The van der Waals surface area contributed by atoms with Crippen LogP contribution in [0.3, 0.4) is 0 Å². The molecule has 0 spiro atoms. The van der Waals surface area contributed by atoms with Crippen molar-refractivity contribution in [1.29, 1.82) is 0 Å². The Morgan fingerprint density at radius 3 is 2.37 bits per heavy atom. The van der Waals surface area contributed by atoms with Gasteiger partial charge in [-0.05, 0) is 18.2 Å². The van der Waals surface area contributed by atoms with Crippen molar-refractivity contribution in [3.8, 4) is 11.3 Å². The first-order valence-electron chi connectivity index (χ1n) is 6.25. The van der Waals surface area contributed by atoms with Gasteiger partial charge in [0.15, 0.2) is 0 Å². The van der Waals surface area contributed by atoms with E-state index in [1.54, 1.807) is 0 Å². The van der Waals surface area contributed by atoms with E-state index in [1.807, 2.05) is 42.5 Å². The zero-order chi connectivity index (χ0) is 12.7. The predicted molar refractivity (Wildman–Crippen MR) is 77.0 cm³/mol. The van der Waals surface area contributed by atoms with Crippen LogP contribution < -0.4 is 0 Å². The average Bonchev–Trinajstić information content (AvgIpc) is 2.86. The summed E-state index contributed by atoms with van der Waals surface area (Å²) in [5.74, 6) is 0. The van der Waals surface area contributed by atoms with Crippen LogP contribution >= 0.6 is 0 Å². The van der Waals surface area contributed by atoms with E-state index in [0.717, 1.165) is 27.6 Å². The zero-order valence-corrected chi connectivity index (χ0v) is 10.2. The third-order valence-corrected chi connectivity index (χ3v) is 3.31. The second-order valence-electron chi connectivity index (χ2n) is 4.51. The topological polar surface area (TPSA) is 26.0 Å². The molecule has 0 unspecified atom stereocenters. The van der Waals surface area contributed by atoms with Crippen molar-refractivity contribution in [2.24, 2.45) is 0 Å². The Bertz CT molecular complexity index is 862. The summed E-state index contributed by atoms with van der Waals surface area (Å²) in [6.07, 6.45) is 0.